The van der Waals surface area contributed by atoms with E-state index in [0.29, 0.717) is 13.1 Å². The smallest absolute Gasteiger partial charge is 0.318 e. The Morgan fingerprint density at radius 1 is 1.20 bits per heavy atom. The van der Waals surface area contributed by atoms with Crippen molar-refractivity contribution in [3.63, 3.8) is 0 Å². The lowest BCUT2D eigenvalue weighted by Gasteiger charge is -2.30. The number of nitrogens with one attached hydrogen (secondary N) is 1. The Morgan fingerprint density at radius 3 is 2.48 bits per heavy atom. The first-order chi connectivity index (χ1) is 12.1. The summed E-state index contributed by atoms with van der Waals surface area (Å²) in [6, 6.07) is 15.7. The molecule has 0 bridgehead atoms. The van der Waals surface area contributed by atoms with E-state index in [1.807, 2.05) is 53.4 Å². The van der Waals surface area contributed by atoms with E-state index < -0.39 is 0 Å². The molecule has 0 unspecified atom stereocenters. The van der Waals surface area contributed by atoms with E-state index in [0.717, 1.165) is 27.8 Å². The fraction of sp³-hybridized carbons (Fsp3) is 0.350. The Balaban J connectivity index is 2.05. The molecule has 0 saturated heterocycles. The molecule has 0 aliphatic rings. The summed E-state index contributed by atoms with van der Waals surface area (Å²) < 4.78 is 6.18. The summed E-state index contributed by atoms with van der Waals surface area (Å²) in [5.41, 5.74) is 2.15. The second-order valence-electron chi connectivity index (χ2n) is 5.90. The van der Waals surface area contributed by atoms with Gasteiger partial charge in [-0.15, -0.1) is 0 Å². The van der Waals surface area contributed by atoms with Crippen molar-refractivity contribution in [2.45, 2.75) is 32.9 Å². The van der Waals surface area contributed by atoms with Crippen molar-refractivity contribution in [3.05, 3.63) is 64.1 Å². The number of ether oxygens (including phenoxy) is 1. The Kier molecular flexibility index (Phi) is 7.31. The van der Waals surface area contributed by atoms with Crippen LogP contribution in [0.15, 0.2) is 53.0 Å². The highest BCUT2D eigenvalue weighted by Gasteiger charge is 2.21. The second-order valence-corrected chi connectivity index (χ2v) is 6.75. The van der Waals surface area contributed by atoms with Crippen LogP contribution in [0.3, 0.4) is 0 Å². The average molecular weight is 405 g/mol. The second kappa shape index (κ2) is 9.47. The fourth-order valence-electron chi connectivity index (χ4n) is 2.72. The zero-order valence-corrected chi connectivity index (χ0v) is 16.5. The van der Waals surface area contributed by atoms with Crippen molar-refractivity contribution in [2.75, 3.05) is 13.7 Å². The van der Waals surface area contributed by atoms with Crippen LogP contribution >= 0.6 is 15.9 Å². The van der Waals surface area contributed by atoms with Crippen LogP contribution in [0, 0.1) is 0 Å². The van der Waals surface area contributed by atoms with Gasteiger partial charge in [-0.05, 0) is 42.7 Å². The van der Waals surface area contributed by atoms with Crippen LogP contribution in [0.5, 0.6) is 5.75 Å². The maximum atomic E-state index is 12.7. The predicted octanol–water partition coefficient (Wildman–Crippen LogP) is 5.14. The number of halogens is 1. The summed E-state index contributed by atoms with van der Waals surface area (Å²) in [7, 11) is 1.64. The standard InChI is InChI=1S/C20H25BrN2O2/c1-4-13-23(15(2)18-7-5-6-8-19(18)21)20(24)22-14-16-9-11-17(25-3)12-10-16/h5-12,15H,4,13-14H2,1-3H3,(H,22,24)/t15-/m1/s1. The molecule has 0 heterocycles. The normalized spacial score (nSPS) is 11.7. The monoisotopic (exact) mass is 404 g/mol. The topological polar surface area (TPSA) is 41.6 Å². The minimum absolute atomic E-state index is 0.00797. The molecule has 0 aromatic heterocycles. The van der Waals surface area contributed by atoms with Crippen LogP contribution < -0.4 is 10.1 Å². The molecule has 5 heteroatoms. The Morgan fingerprint density at radius 2 is 1.88 bits per heavy atom. The van der Waals surface area contributed by atoms with Gasteiger partial charge in [-0.1, -0.05) is 53.2 Å². The van der Waals surface area contributed by atoms with Crippen molar-refractivity contribution in [1.29, 1.82) is 0 Å². The Bertz CT molecular complexity index is 688. The molecule has 0 spiro atoms. The van der Waals surface area contributed by atoms with Gasteiger partial charge >= 0.3 is 6.03 Å². The van der Waals surface area contributed by atoms with Crippen molar-refractivity contribution in [1.82, 2.24) is 10.2 Å². The van der Waals surface area contributed by atoms with Crippen LogP contribution in [0.2, 0.25) is 0 Å². The average Bonchev–Trinajstić information content (AvgIpc) is 2.64. The Hall–Kier alpha value is -2.01. The number of rotatable bonds is 7. The number of amides is 2. The van der Waals surface area contributed by atoms with Gasteiger partial charge in [-0.25, -0.2) is 4.79 Å². The molecule has 0 aliphatic heterocycles. The molecule has 0 fully saturated rings. The molecule has 4 nitrogen and oxygen atoms in total. The quantitative estimate of drug-likeness (QED) is 0.693. The van der Waals surface area contributed by atoms with Gasteiger partial charge < -0.3 is 15.0 Å². The summed E-state index contributed by atoms with van der Waals surface area (Å²) in [4.78, 5) is 14.6. The molecule has 2 amide bonds. The minimum atomic E-state index is -0.0547. The molecule has 1 N–H and O–H groups in total. The molecule has 2 rings (SSSR count). The summed E-state index contributed by atoms with van der Waals surface area (Å²) in [6.45, 7) is 5.34. The van der Waals surface area contributed by atoms with Gasteiger partial charge in [0.1, 0.15) is 5.75 Å². The number of benzene rings is 2. The first-order valence-electron chi connectivity index (χ1n) is 8.48. The lowest BCUT2D eigenvalue weighted by molar-refractivity contribution is 0.178. The molecular formula is C20H25BrN2O2. The number of carbonyl (C=O) groups excluding carboxylic acids is 1. The molecule has 0 radical (unpaired) electrons. The third kappa shape index (κ3) is 5.23. The zero-order chi connectivity index (χ0) is 18.2. The van der Waals surface area contributed by atoms with Gasteiger partial charge in [0.25, 0.3) is 0 Å². The number of methoxy groups -OCH3 is 1. The summed E-state index contributed by atoms with van der Waals surface area (Å²) >= 11 is 3.58. The molecule has 134 valence electrons. The van der Waals surface area contributed by atoms with Gasteiger partial charge in [0, 0.05) is 17.6 Å². The molecule has 2 aromatic rings. The lowest BCUT2D eigenvalue weighted by Crippen LogP contribution is -2.41. The highest BCUT2D eigenvalue weighted by molar-refractivity contribution is 9.10. The van der Waals surface area contributed by atoms with Crippen LogP contribution in [0.1, 0.15) is 37.4 Å². The van der Waals surface area contributed by atoms with E-state index in [1.165, 1.54) is 0 Å². The lowest BCUT2D eigenvalue weighted by atomic mass is 10.1. The van der Waals surface area contributed by atoms with Crippen LogP contribution in [0.4, 0.5) is 4.79 Å². The van der Waals surface area contributed by atoms with E-state index in [1.54, 1.807) is 7.11 Å². The van der Waals surface area contributed by atoms with Crippen molar-refractivity contribution < 1.29 is 9.53 Å². The SMILES string of the molecule is CCCN(C(=O)NCc1ccc(OC)cc1)[C@H](C)c1ccccc1Br. The summed E-state index contributed by atoms with van der Waals surface area (Å²) in [6.07, 6.45) is 0.907. The molecular weight excluding hydrogens is 380 g/mol. The molecule has 0 saturated carbocycles. The van der Waals surface area contributed by atoms with Crippen LogP contribution in [0.25, 0.3) is 0 Å². The fourth-order valence-corrected chi connectivity index (χ4v) is 3.33. The molecule has 0 aliphatic carbocycles. The maximum Gasteiger partial charge on any atom is 0.318 e. The van der Waals surface area contributed by atoms with E-state index >= 15 is 0 Å². The molecule has 2 aromatic carbocycles. The van der Waals surface area contributed by atoms with Gasteiger partial charge in [-0.2, -0.15) is 0 Å². The highest BCUT2D eigenvalue weighted by Crippen LogP contribution is 2.27. The number of hydrogen-bond donors (Lipinski definition) is 1. The largest absolute Gasteiger partial charge is 0.497 e. The van der Waals surface area contributed by atoms with Crippen molar-refractivity contribution in [3.8, 4) is 5.75 Å². The highest BCUT2D eigenvalue weighted by atomic mass is 79.9. The van der Waals surface area contributed by atoms with Crippen molar-refractivity contribution in [2.24, 2.45) is 0 Å². The van der Waals surface area contributed by atoms with E-state index in [4.69, 9.17) is 4.74 Å². The predicted molar refractivity (Wildman–Crippen MR) is 105 cm³/mol. The van der Waals surface area contributed by atoms with Gasteiger partial charge in [-0.3, -0.25) is 0 Å². The van der Waals surface area contributed by atoms with Crippen LogP contribution in [-0.4, -0.2) is 24.6 Å². The summed E-state index contributed by atoms with van der Waals surface area (Å²) in [5, 5.41) is 3.02. The van der Waals surface area contributed by atoms with Gasteiger partial charge in [0.05, 0.1) is 13.2 Å². The first kappa shape index (κ1) is 19.3. The summed E-state index contributed by atoms with van der Waals surface area (Å²) in [5.74, 6) is 0.810. The third-order valence-corrected chi connectivity index (χ3v) is 4.87. The Labute approximate surface area is 158 Å². The van der Waals surface area contributed by atoms with E-state index in [9.17, 15) is 4.79 Å². The zero-order valence-electron chi connectivity index (χ0n) is 15.0. The maximum absolute atomic E-state index is 12.7. The van der Waals surface area contributed by atoms with Gasteiger partial charge in [0.15, 0.2) is 0 Å². The first-order valence-corrected chi connectivity index (χ1v) is 9.28. The van der Waals surface area contributed by atoms with Crippen molar-refractivity contribution >= 4 is 22.0 Å². The molecule has 1 atom stereocenters. The molecule has 25 heavy (non-hydrogen) atoms. The van der Waals surface area contributed by atoms with E-state index in [2.05, 4.69) is 35.1 Å². The third-order valence-electron chi connectivity index (χ3n) is 4.15. The van der Waals surface area contributed by atoms with Crippen LogP contribution in [-0.2, 0) is 6.54 Å². The van der Waals surface area contributed by atoms with Gasteiger partial charge in [0.2, 0.25) is 0 Å². The minimum Gasteiger partial charge on any atom is -0.497 e. The number of nitrogens with zero attached hydrogens (tertiary/aromatic N) is 1. The number of carbonyl (C=O) groups is 1. The number of hydrogen-bond acceptors (Lipinski definition) is 2. The number of urea groups is 1. The van der Waals surface area contributed by atoms with E-state index in [-0.39, 0.29) is 12.1 Å².